The molecule has 0 aromatic heterocycles. The van der Waals surface area contributed by atoms with Gasteiger partial charge in [-0.15, -0.1) is 0 Å². The molecular weight excluding hydrogens is 274 g/mol. The van der Waals surface area contributed by atoms with Crippen molar-refractivity contribution in [2.45, 2.75) is 26.4 Å². The fourth-order valence-corrected chi connectivity index (χ4v) is 1.47. The molecule has 0 spiro atoms. The SMILES string of the molecule is CC(C)(C)OC(=O)NCC(=O)Nc1ccccc1C(N)=O. The second kappa shape index (κ2) is 6.74. The molecule has 0 aliphatic carbocycles. The number of ether oxygens (including phenoxy) is 1. The predicted molar refractivity (Wildman–Crippen MR) is 77.8 cm³/mol. The monoisotopic (exact) mass is 293 g/mol. The highest BCUT2D eigenvalue weighted by molar-refractivity contribution is 6.03. The van der Waals surface area contributed by atoms with Crippen molar-refractivity contribution in [1.29, 1.82) is 0 Å². The summed E-state index contributed by atoms with van der Waals surface area (Å²) in [5, 5.41) is 4.82. The Labute approximate surface area is 122 Å². The molecule has 0 heterocycles. The van der Waals surface area contributed by atoms with Gasteiger partial charge in [-0.05, 0) is 32.9 Å². The van der Waals surface area contributed by atoms with Crippen molar-refractivity contribution in [3.8, 4) is 0 Å². The van der Waals surface area contributed by atoms with Gasteiger partial charge < -0.3 is 21.1 Å². The van der Waals surface area contributed by atoms with Crippen LogP contribution in [0.2, 0.25) is 0 Å². The topological polar surface area (TPSA) is 111 Å². The quantitative estimate of drug-likeness (QED) is 0.775. The van der Waals surface area contributed by atoms with Crippen molar-refractivity contribution < 1.29 is 19.1 Å². The normalized spacial score (nSPS) is 10.6. The van der Waals surface area contributed by atoms with Crippen molar-refractivity contribution in [2.75, 3.05) is 11.9 Å². The standard InChI is InChI=1S/C14H19N3O4/c1-14(2,3)21-13(20)16-8-11(18)17-10-7-5-4-6-9(10)12(15)19/h4-7H,8H2,1-3H3,(H2,15,19)(H,16,20)(H,17,18). The maximum atomic E-state index is 11.7. The van der Waals surface area contributed by atoms with Crippen LogP contribution >= 0.6 is 0 Å². The third-order valence-electron chi connectivity index (χ3n) is 2.26. The van der Waals surface area contributed by atoms with Gasteiger partial charge in [-0.2, -0.15) is 0 Å². The van der Waals surface area contributed by atoms with Gasteiger partial charge in [-0.3, -0.25) is 9.59 Å². The minimum absolute atomic E-state index is 0.197. The lowest BCUT2D eigenvalue weighted by atomic mass is 10.1. The molecule has 1 aromatic carbocycles. The average molecular weight is 293 g/mol. The molecule has 1 rings (SSSR count). The fraction of sp³-hybridized carbons (Fsp3) is 0.357. The molecule has 0 aliphatic rings. The number of rotatable bonds is 4. The number of amides is 3. The highest BCUT2D eigenvalue weighted by Crippen LogP contribution is 2.13. The lowest BCUT2D eigenvalue weighted by molar-refractivity contribution is -0.115. The first-order valence-electron chi connectivity index (χ1n) is 6.34. The number of carbonyl (C=O) groups excluding carboxylic acids is 3. The van der Waals surface area contributed by atoms with E-state index in [2.05, 4.69) is 10.6 Å². The highest BCUT2D eigenvalue weighted by atomic mass is 16.6. The van der Waals surface area contributed by atoms with Crippen LogP contribution < -0.4 is 16.4 Å². The van der Waals surface area contributed by atoms with E-state index in [1.54, 1.807) is 39.0 Å². The van der Waals surface area contributed by atoms with E-state index in [0.717, 1.165) is 0 Å². The molecule has 3 amide bonds. The second-order valence-electron chi connectivity index (χ2n) is 5.31. The Morgan fingerprint density at radius 3 is 2.38 bits per heavy atom. The largest absolute Gasteiger partial charge is 0.444 e. The van der Waals surface area contributed by atoms with Crippen LogP contribution in [-0.2, 0) is 9.53 Å². The van der Waals surface area contributed by atoms with E-state index >= 15 is 0 Å². The van der Waals surface area contributed by atoms with Crippen LogP contribution in [0.1, 0.15) is 31.1 Å². The van der Waals surface area contributed by atoms with Crippen molar-refractivity contribution in [2.24, 2.45) is 5.73 Å². The Morgan fingerprint density at radius 2 is 1.81 bits per heavy atom. The smallest absolute Gasteiger partial charge is 0.408 e. The summed E-state index contributed by atoms with van der Waals surface area (Å²) in [5.74, 6) is -1.14. The molecule has 0 aliphatic heterocycles. The van der Waals surface area contributed by atoms with E-state index in [0.29, 0.717) is 5.69 Å². The van der Waals surface area contributed by atoms with Gasteiger partial charge in [0, 0.05) is 0 Å². The number of benzene rings is 1. The third kappa shape index (κ3) is 5.94. The van der Waals surface area contributed by atoms with E-state index in [1.807, 2.05) is 0 Å². The maximum Gasteiger partial charge on any atom is 0.408 e. The van der Waals surface area contributed by atoms with Gasteiger partial charge in [-0.25, -0.2) is 4.79 Å². The average Bonchev–Trinajstić information content (AvgIpc) is 2.35. The minimum atomic E-state index is -0.694. The molecule has 0 saturated heterocycles. The molecule has 7 nitrogen and oxygen atoms in total. The number of hydrogen-bond donors (Lipinski definition) is 3. The van der Waals surface area contributed by atoms with E-state index in [-0.39, 0.29) is 12.1 Å². The van der Waals surface area contributed by atoms with E-state index in [1.165, 1.54) is 6.07 Å². The van der Waals surface area contributed by atoms with E-state index < -0.39 is 23.5 Å². The Bertz CT molecular complexity index is 549. The second-order valence-corrected chi connectivity index (χ2v) is 5.31. The van der Waals surface area contributed by atoms with E-state index in [9.17, 15) is 14.4 Å². The zero-order valence-corrected chi connectivity index (χ0v) is 12.2. The van der Waals surface area contributed by atoms with Crippen LogP contribution in [-0.4, -0.2) is 30.1 Å². The summed E-state index contributed by atoms with van der Waals surface area (Å²) in [4.78, 5) is 34.3. The summed E-state index contributed by atoms with van der Waals surface area (Å²) in [6, 6.07) is 6.34. The van der Waals surface area contributed by atoms with Crippen LogP contribution in [0.3, 0.4) is 0 Å². The number of anilines is 1. The molecule has 4 N–H and O–H groups in total. The van der Waals surface area contributed by atoms with Crippen LogP contribution in [0.15, 0.2) is 24.3 Å². The maximum absolute atomic E-state index is 11.7. The molecule has 0 unspecified atom stereocenters. The lowest BCUT2D eigenvalue weighted by Crippen LogP contribution is -2.37. The Balaban J connectivity index is 2.55. The lowest BCUT2D eigenvalue weighted by Gasteiger charge is -2.19. The summed E-state index contributed by atoms with van der Waals surface area (Å²) in [7, 11) is 0. The minimum Gasteiger partial charge on any atom is -0.444 e. The predicted octanol–water partition coefficient (Wildman–Crippen LogP) is 1.25. The third-order valence-corrected chi connectivity index (χ3v) is 2.26. The van der Waals surface area contributed by atoms with Gasteiger partial charge in [0.1, 0.15) is 12.1 Å². The molecule has 0 atom stereocenters. The van der Waals surface area contributed by atoms with Gasteiger partial charge >= 0.3 is 6.09 Å². The fourth-order valence-electron chi connectivity index (χ4n) is 1.47. The summed E-state index contributed by atoms with van der Waals surface area (Å²) < 4.78 is 5.00. The van der Waals surface area contributed by atoms with E-state index in [4.69, 9.17) is 10.5 Å². The molecule has 0 fully saturated rings. The molecule has 0 saturated carbocycles. The number of nitrogens with two attached hydrogens (primary N) is 1. The van der Waals surface area contributed by atoms with Crippen molar-refractivity contribution >= 4 is 23.6 Å². The first-order valence-corrected chi connectivity index (χ1v) is 6.34. The highest BCUT2D eigenvalue weighted by Gasteiger charge is 2.17. The molecular formula is C14H19N3O4. The van der Waals surface area contributed by atoms with Gasteiger partial charge in [0.15, 0.2) is 0 Å². The summed E-state index contributed by atoms with van der Waals surface area (Å²) in [6.07, 6.45) is -0.694. The zero-order chi connectivity index (χ0) is 16.0. The Kier molecular flexibility index (Phi) is 5.29. The molecule has 0 radical (unpaired) electrons. The number of nitrogens with one attached hydrogen (secondary N) is 2. The first kappa shape index (κ1) is 16.5. The number of carbonyl (C=O) groups is 3. The molecule has 21 heavy (non-hydrogen) atoms. The number of para-hydroxylation sites is 1. The van der Waals surface area contributed by atoms with Crippen LogP contribution in [0.5, 0.6) is 0 Å². The molecule has 0 bridgehead atoms. The van der Waals surface area contributed by atoms with Gasteiger partial charge in [0.2, 0.25) is 5.91 Å². The summed E-state index contributed by atoms with van der Waals surface area (Å²) in [5.41, 5.74) is 5.05. The summed E-state index contributed by atoms with van der Waals surface area (Å²) >= 11 is 0. The first-order chi connectivity index (χ1) is 9.69. The van der Waals surface area contributed by atoms with Gasteiger partial charge in [0.25, 0.3) is 5.91 Å². The van der Waals surface area contributed by atoms with Crippen LogP contribution in [0.25, 0.3) is 0 Å². The van der Waals surface area contributed by atoms with Gasteiger partial charge in [0.05, 0.1) is 11.3 Å². The number of primary amides is 1. The van der Waals surface area contributed by atoms with Crippen LogP contribution in [0.4, 0.5) is 10.5 Å². The van der Waals surface area contributed by atoms with Crippen molar-refractivity contribution in [3.63, 3.8) is 0 Å². The molecule has 7 heteroatoms. The molecule has 114 valence electrons. The number of alkyl carbamates (subject to hydrolysis) is 1. The molecule has 1 aromatic rings. The van der Waals surface area contributed by atoms with Gasteiger partial charge in [-0.1, -0.05) is 12.1 Å². The Morgan fingerprint density at radius 1 is 1.19 bits per heavy atom. The van der Waals surface area contributed by atoms with Crippen LogP contribution in [0, 0.1) is 0 Å². The Hall–Kier alpha value is -2.57. The van der Waals surface area contributed by atoms with Crippen molar-refractivity contribution in [1.82, 2.24) is 5.32 Å². The number of hydrogen-bond acceptors (Lipinski definition) is 4. The summed E-state index contributed by atoms with van der Waals surface area (Å²) in [6.45, 7) is 4.88. The van der Waals surface area contributed by atoms with Crippen molar-refractivity contribution in [3.05, 3.63) is 29.8 Å². The zero-order valence-electron chi connectivity index (χ0n) is 12.2.